The molecule has 0 amide bonds. The lowest BCUT2D eigenvalue weighted by Gasteiger charge is -2.32. The molecule has 1 aliphatic heterocycles. The lowest BCUT2D eigenvalue weighted by atomic mass is 10.3. The Labute approximate surface area is 104 Å². The summed E-state index contributed by atoms with van der Waals surface area (Å²) < 4.78 is 8.66. The van der Waals surface area contributed by atoms with Crippen LogP contribution >= 0.6 is 23.5 Å². The highest BCUT2D eigenvalue weighted by Crippen LogP contribution is 2.28. The Kier molecular flexibility index (Phi) is 4.04. The van der Waals surface area contributed by atoms with Crippen molar-refractivity contribution in [1.29, 1.82) is 0 Å². The number of rotatable bonds is 3. The van der Waals surface area contributed by atoms with Crippen molar-refractivity contribution in [3.05, 3.63) is 0 Å². The van der Waals surface area contributed by atoms with Gasteiger partial charge in [0.15, 0.2) is 10.8 Å². The van der Waals surface area contributed by atoms with Gasteiger partial charge in [0, 0.05) is 26.2 Å². The number of terminal acetylenes is 1. The Morgan fingerprint density at radius 2 is 2.12 bits per heavy atom. The van der Waals surface area contributed by atoms with Crippen LogP contribution in [0, 0.1) is 12.3 Å². The van der Waals surface area contributed by atoms with E-state index in [-0.39, 0.29) is 0 Å². The topological polar surface area (TPSA) is 32.3 Å². The quantitative estimate of drug-likeness (QED) is 0.594. The summed E-state index contributed by atoms with van der Waals surface area (Å²) in [5, 5.41) is 0.979. The average Bonchev–Trinajstić information content (AvgIpc) is 2.75. The minimum absolute atomic E-state index is 0.659. The number of hydrogen-bond donors (Lipinski definition) is 0. The number of aromatic nitrogens is 2. The van der Waals surface area contributed by atoms with Crippen LogP contribution < -0.4 is 4.90 Å². The van der Waals surface area contributed by atoms with Crippen LogP contribution in [0.3, 0.4) is 0 Å². The Morgan fingerprint density at radius 3 is 2.81 bits per heavy atom. The summed E-state index contributed by atoms with van der Waals surface area (Å²) in [6, 6.07) is 0. The first-order chi connectivity index (χ1) is 7.81. The van der Waals surface area contributed by atoms with Gasteiger partial charge in [-0.05, 0) is 7.05 Å². The zero-order chi connectivity index (χ0) is 11.4. The number of nitrogens with zero attached hydrogens (tertiary/aromatic N) is 4. The molecule has 0 saturated carbocycles. The molecule has 0 N–H and O–H groups in total. The van der Waals surface area contributed by atoms with Gasteiger partial charge in [0.1, 0.15) is 0 Å². The second-order valence-corrected chi connectivity index (χ2v) is 5.17. The van der Waals surface area contributed by atoms with Gasteiger partial charge in [-0.1, -0.05) is 17.7 Å². The molecule has 86 valence electrons. The van der Waals surface area contributed by atoms with Crippen LogP contribution in [0.4, 0.5) is 5.82 Å². The lowest BCUT2D eigenvalue weighted by molar-refractivity contribution is 0.311. The van der Waals surface area contributed by atoms with Crippen molar-refractivity contribution in [2.45, 2.75) is 5.03 Å². The fraction of sp³-hybridized carbons (Fsp3) is 0.600. The fourth-order valence-corrected chi connectivity index (χ4v) is 2.96. The maximum atomic E-state index is 5.26. The van der Waals surface area contributed by atoms with E-state index in [1.54, 1.807) is 11.8 Å². The van der Waals surface area contributed by atoms with E-state index in [2.05, 4.69) is 31.5 Å². The van der Waals surface area contributed by atoms with Gasteiger partial charge in [0.2, 0.25) is 0 Å². The Morgan fingerprint density at radius 1 is 1.38 bits per heavy atom. The predicted molar refractivity (Wildman–Crippen MR) is 69.2 cm³/mol. The summed E-state index contributed by atoms with van der Waals surface area (Å²) in [5.74, 6) is 4.29. The van der Waals surface area contributed by atoms with Crippen molar-refractivity contribution < 1.29 is 0 Å². The third kappa shape index (κ3) is 2.67. The first-order valence-electron chi connectivity index (χ1n) is 5.13. The van der Waals surface area contributed by atoms with Gasteiger partial charge in [-0.15, -0.1) is 6.42 Å². The highest BCUT2D eigenvalue weighted by atomic mass is 32.2. The molecule has 2 heterocycles. The molecule has 16 heavy (non-hydrogen) atoms. The van der Waals surface area contributed by atoms with E-state index in [4.69, 9.17) is 6.42 Å². The van der Waals surface area contributed by atoms with Gasteiger partial charge in [-0.2, -0.15) is 8.75 Å². The van der Waals surface area contributed by atoms with Crippen LogP contribution in [0.25, 0.3) is 0 Å². The fourth-order valence-electron chi connectivity index (χ4n) is 1.59. The molecular weight excluding hydrogens is 240 g/mol. The van der Waals surface area contributed by atoms with Crippen molar-refractivity contribution in [3.8, 4) is 12.3 Å². The van der Waals surface area contributed by atoms with E-state index in [0.29, 0.717) is 5.75 Å². The van der Waals surface area contributed by atoms with Gasteiger partial charge in [-0.3, -0.25) is 0 Å². The molecule has 0 bridgehead atoms. The molecule has 0 aromatic carbocycles. The highest BCUT2D eigenvalue weighted by Gasteiger charge is 2.20. The summed E-state index contributed by atoms with van der Waals surface area (Å²) in [5.41, 5.74) is 0. The molecule has 1 fully saturated rings. The zero-order valence-electron chi connectivity index (χ0n) is 9.22. The first kappa shape index (κ1) is 11.7. The number of likely N-dealkylation sites (N-methyl/N-ethyl adjacent to an activating group) is 1. The van der Waals surface area contributed by atoms with E-state index in [9.17, 15) is 0 Å². The van der Waals surface area contributed by atoms with Gasteiger partial charge in [-0.25, -0.2) is 0 Å². The number of hydrogen-bond acceptors (Lipinski definition) is 6. The summed E-state index contributed by atoms with van der Waals surface area (Å²) in [6.07, 6.45) is 5.26. The molecule has 1 saturated heterocycles. The number of piperazine rings is 1. The minimum Gasteiger partial charge on any atom is -0.351 e. The maximum Gasteiger partial charge on any atom is 0.176 e. The van der Waals surface area contributed by atoms with Crippen molar-refractivity contribution in [2.75, 3.05) is 43.9 Å². The molecule has 0 spiro atoms. The van der Waals surface area contributed by atoms with Crippen LogP contribution in [-0.4, -0.2) is 52.6 Å². The molecule has 1 aromatic heterocycles. The smallest absolute Gasteiger partial charge is 0.176 e. The maximum absolute atomic E-state index is 5.26. The molecule has 0 unspecified atom stereocenters. The van der Waals surface area contributed by atoms with Crippen LogP contribution in [0.5, 0.6) is 0 Å². The van der Waals surface area contributed by atoms with Crippen LogP contribution in [0.2, 0.25) is 0 Å². The summed E-state index contributed by atoms with van der Waals surface area (Å²) >= 11 is 2.86. The minimum atomic E-state index is 0.659. The van der Waals surface area contributed by atoms with Crippen LogP contribution in [0.1, 0.15) is 0 Å². The molecule has 1 aromatic rings. The van der Waals surface area contributed by atoms with Crippen LogP contribution in [-0.2, 0) is 0 Å². The normalized spacial score (nSPS) is 17.4. The van der Waals surface area contributed by atoms with Gasteiger partial charge in [0.05, 0.1) is 17.5 Å². The molecule has 2 rings (SSSR count). The van der Waals surface area contributed by atoms with Crippen molar-refractivity contribution >= 4 is 29.3 Å². The second kappa shape index (κ2) is 5.53. The standard InChI is InChI=1S/C10H14N4S2/c1-3-8-15-10-9(11-16-12-10)14-6-4-13(2)5-7-14/h1H,4-8H2,2H3. The number of thioether (sulfide) groups is 1. The molecule has 0 radical (unpaired) electrons. The second-order valence-electron chi connectivity index (χ2n) is 3.68. The van der Waals surface area contributed by atoms with Crippen molar-refractivity contribution in [1.82, 2.24) is 13.6 Å². The summed E-state index contributed by atoms with van der Waals surface area (Å²) in [7, 11) is 2.14. The van der Waals surface area contributed by atoms with E-state index < -0.39 is 0 Å². The molecule has 6 heteroatoms. The molecule has 1 aliphatic rings. The first-order valence-corrected chi connectivity index (χ1v) is 6.85. The third-order valence-electron chi connectivity index (χ3n) is 2.54. The van der Waals surface area contributed by atoms with Gasteiger partial charge >= 0.3 is 0 Å². The molecular formula is C10H14N4S2. The zero-order valence-corrected chi connectivity index (χ0v) is 10.9. The van der Waals surface area contributed by atoms with Crippen LogP contribution in [0.15, 0.2) is 5.03 Å². The predicted octanol–water partition coefficient (Wildman–Crippen LogP) is 1.02. The van der Waals surface area contributed by atoms with E-state index >= 15 is 0 Å². The Balaban J connectivity index is 2.03. The molecule has 4 nitrogen and oxygen atoms in total. The monoisotopic (exact) mass is 254 g/mol. The highest BCUT2D eigenvalue weighted by molar-refractivity contribution is 7.99. The van der Waals surface area contributed by atoms with Gasteiger partial charge in [0.25, 0.3) is 0 Å². The molecule has 0 aliphatic carbocycles. The summed E-state index contributed by atoms with van der Waals surface area (Å²) in [4.78, 5) is 4.62. The Hall–Kier alpha value is -0.770. The SMILES string of the molecule is C#CCSc1nsnc1N1CCN(C)CC1. The van der Waals surface area contributed by atoms with Gasteiger partial charge < -0.3 is 9.80 Å². The van der Waals surface area contributed by atoms with E-state index in [1.165, 1.54) is 11.7 Å². The molecule has 0 atom stereocenters. The largest absolute Gasteiger partial charge is 0.351 e. The lowest BCUT2D eigenvalue weighted by Crippen LogP contribution is -2.44. The Bertz CT molecular complexity index is 376. The summed E-state index contributed by atoms with van der Waals surface area (Å²) in [6.45, 7) is 4.20. The van der Waals surface area contributed by atoms with Crippen molar-refractivity contribution in [3.63, 3.8) is 0 Å². The number of anilines is 1. The van der Waals surface area contributed by atoms with E-state index in [0.717, 1.165) is 37.0 Å². The third-order valence-corrected chi connectivity index (χ3v) is 4.03. The van der Waals surface area contributed by atoms with Crippen molar-refractivity contribution in [2.24, 2.45) is 0 Å². The van der Waals surface area contributed by atoms with E-state index in [1.807, 2.05) is 0 Å². The average molecular weight is 254 g/mol.